The smallest absolute Gasteiger partial charge is 0.318 e. The van der Waals surface area contributed by atoms with Gasteiger partial charge in [-0.2, -0.15) is 0 Å². The number of hydrogen-bond acceptors (Lipinski definition) is 7. The molecule has 3 aliphatic rings. The van der Waals surface area contributed by atoms with Crippen LogP contribution in [0.5, 0.6) is 0 Å². The fraction of sp³-hybridized carbons (Fsp3) is 0.433. The van der Waals surface area contributed by atoms with Crippen LogP contribution in [0.3, 0.4) is 0 Å². The standard InChI is InChI=1S/C30H37N9O2/c1-22-17-25(36-11-7-24(19-36)23-5-3-2-4-6-23)18-26(40)39(22)16-15-37-20-30(34-29(37)41)8-12-35(13-9-30)28-27(32)38(21-31)14-10-33-28/h2-6,10,14,17-18,21,24,31-32H,7-9,11-13,15-16,19-20H2,1H3,(H,34,41). The number of carbonyl (C=O) groups is 1. The number of piperidine rings is 1. The van der Waals surface area contributed by atoms with Gasteiger partial charge in [-0.15, -0.1) is 0 Å². The first kappa shape index (κ1) is 26.8. The van der Waals surface area contributed by atoms with Gasteiger partial charge in [0.25, 0.3) is 5.56 Å². The Kier molecular flexibility index (Phi) is 7.10. The third-order valence-electron chi connectivity index (χ3n) is 8.94. The van der Waals surface area contributed by atoms with E-state index in [1.807, 2.05) is 17.9 Å². The van der Waals surface area contributed by atoms with Crippen LogP contribution in [0.1, 0.15) is 36.4 Å². The van der Waals surface area contributed by atoms with Gasteiger partial charge in [0, 0.05) is 81.6 Å². The van der Waals surface area contributed by atoms with E-state index in [-0.39, 0.29) is 22.6 Å². The number of aromatic nitrogens is 3. The van der Waals surface area contributed by atoms with Crippen molar-refractivity contribution < 1.29 is 4.79 Å². The van der Waals surface area contributed by atoms with E-state index < -0.39 is 0 Å². The van der Waals surface area contributed by atoms with Gasteiger partial charge in [-0.05, 0) is 37.8 Å². The lowest BCUT2D eigenvalue weighted by Crippen LogP contribution is -2.53. The fourth-order valence-corrected chi connectivity index (χ4v) is 6.55. The van der Waals surface area contributed by atoms with Crippen molar-refractivity contribution in [2.75, 3.05) is 49.1 Å². The van der Waals surface area contributed by atoms with Gasteiger partial charge in [-0.25, -0.2) is 9.78 Å². The van der Waals surface area contributed by atoms with E-state index in [0.717, 1.165) is 50.1 Å². The highest BCUT2D eigenvalue weighted by Crippen LogP contribution is 2.31. The predicted molar refractivity (Wildman–Crippen MR) is 158 cm³/mol. The first-order chi connectivity index (χ1) is 19.9. The molecule has 3 saturated heterocycles. The summed E-state index contributed by atoms with van der Waals surface area (Å²) < 4.78 is 3.19. The lowest BCUT2D eigenvalue weighted by atomic mass is 9.88. The van der Waals surface area contributed by atoms with Crippen LogP contribution in [0.2, 0.25) is 0 Å². The van der Waals surface area contributed by atoms with Crippen LogP contribution >= 0.6 is 0 Å². The number of nitrogens with one attached hydrogen (secondary N) is 3. The number of urea groups is 1. The van der Waals surface area contributed by atoms with Gasteiger partial charge in [0.15, 0.2) is 11.3 Å². The van der Waals surface area contributed by atoms with Crippen LogP contribution in [-0.4, -0.2) is 76.2 Å². The Labute approximate surface area is 239 Å². The number of anilines is 2. The molecule has 214 valence electrons. The SMILES string of the molecule is Cc1cc(N2CCC(c3ccccc3)C2)cc(=O)n1CCN1CC2(CCN(c3nccn(C=N)c3=N)CC2)NC1=O. The lowest BCUT2D eigenvalue weighted by molar-refractivity contribution is 0.215. The Morgan fingerprint density at radius 2 is 1.85 bits per heavy atom. The van der Waals surface area contributed by atoms with Gasteiger partial charge in [0.1, 0.15) is 0 Å². The van der Waals surface area contributed by atoms with Gasteiger partial charge >= 0.3 is 6.03 Å². The van der Waals surface area contributed by atoms with Crippen LogP contribution in [0.4, 0.5) is 16.3 Å². The van der Waals surface area contributed by atoms with Gasteiger partial charge in [0.05, 0.1) is 11.9 Å². The van der Waals surface area contributed by atoms with Gasteiger partial charge in [-0.1, -0.05) is 30.3 Å². The van der Waals surface area contributed by atoms with Crippen molar-refractivity contribution in [2.45, 2.75) is 44.2 Å². The highest BCUT2D eigenvalue weighted by Gasteiger charge is 2.44. The molecular formula is C30H37N9O2. The highest BCUT2D eigenvalue weighted by atomic mass is 16.2. The maximum atomic E-state index is 13.2. The molecule has 11 heteroatoms. The van der Waals surface area contributed by atoms with E-state index in [9.17, 15) is 9.59 Å². The van der Waals surface area contributed by atoms with E-state index in [4.69, 9.17) is 10.8 Å². The minimum Gasteiger partial charge on any atom is -0.371 e. The molecule has 2 amide bonds. The number of hydrogen-bond donors (Lipinski definition) is 3. The summed E-state index contributed by atoms with van der Waals surface area (Å²) in [4.78, 5) is 36.7. The quantitative estimate of drug-likeness (QED) is 0.305. The van der Waals surface area contributed by atoms with Crippen molar-refractivity contribution in [1.29, 1.82) is 10.8 Å². The molecule has 3 aromatic rings. The number of nitrogens with zero attached hydrogens (tertiary/aromatic N) is 6. The topological polar surface area (TPSA) is 126 Å². The number of carbonyl (C=O) groups excluding carboxylic acids is 1. The number of benzene rings is 1. The molecule has 2 aromatic heterocycles. The largest absolute Gasteiger partial charge is 0.371 e. The fourth-order valence-electron chi connectivity index (χ4n) is 6.55. The Hall–Kier alpha value is -4.41. The Morgan fingerprint density at radius 1 is 1.07 bits per heavy atom. The molecule has 1 atom stereocenters. The highest BCUT2D eigenvalue weighted by molar-refractivity contribution is 5.78. The van der Waals surface area contributed by atoms with Crippen molar-refractivity contribution in [3.8, 4) is 0 Å². The summed E-state index contributed by atoms with van der Waals surface area (Å²) in [5.74, 6) is 1.03. The van der Waals surface area contributed by atoms with E-state index in [1.165, 1.54) is 10.1 Å². The zero-order valence-corrected chi connectivity index (χ0v) is 23.4. The molecule has 3 aliphatic heterocycles. The van der Waals surface area contributed by atoms with Crippen LogP contribution in [0.15, 0.2) is 59.7 Å². The molecule has 1 unspecified atom stereocenters. The van der Waals surface area contributed by atoms with Gasteiger partial charge < -0.3 is 24.6 Å². The average Bonchev–Trinajstić information content (AvgIpc) is 3.59. The molecule has 41 heavy (non-hydrogen) atoms. The first-order valence-electron chi connectivity index (χ1n) is 14.3. The third-order valence-corrected chi connectivity index (χ3v) is 8.94. The second-order valence-corrected chi connectivity index (χ2v) is 11.4. The van der Waals surface area contributed by atoms with Crippen molar-refractivity contribution >= 4 is 23.9 Å². The van der Waals surface area contributed by atoms with E-state index in [1.54, 1.807) is 23.0 Å². The molecule has 3 N–H and O–H groups in total. The molecule has 0 aliphatic carbocycles. The Bertz CT molecular complexity index is 1560. The van der Waals surface area contributed by atoms with Crippen molar-refractivity contribution in [3.63, 3.8) is 0 Å². The van der Waals surface area contributed by atoms with Crippen LogP contribution in [-0.2, 0) is 6.54 Å². The second-order valence-electron chi connectivity index (χ2n) is 11.4. The minimum absolute atomic E-state index is 0.0329. The number of pyridine rings is 1. The number of amides is 2. The Balaban J connectivity index is 1.07. The molecule has 5 heterocycles. The first-order valence-corrected chi connectivity index (χ1v) is 14.3. The van der Waals surface area contributed by atoms with E-state index in [2.05, 4.69) is 50.4 Å². The maximum absolute atomic E-state index is 13.2. The van der Waals surface area contributed by atoms with Crippen LogP contribution in [0, 0.1) is 17.7 Å². The third kappa shape index (κ3) is 5.23. The van der Waals surface area contributed by atoms with Crippen molar-refractivity contribution in [1.82, 2.24) is 24.3 Å². The molecular weight excluding hydrogens is 518 g/mol. The molecule has 6 rings (SSSR count). The normalized spacial score (nSPS) is 20.1. The molecule has 0 bridgehead atoms. The summed E-state index contributed by atoms with van der Waals surface area (Å²) in [5, 5.41) is 19.0. The van der Waals surface area contributed by atoms with E-state index in [0.29, 0.717) is 44.5 Å². The second kappa shape index (κ2) is 10.9. The molecule has 11 nitrogen and oxygen atoms in total. The lowest BCUT2D eigenvalue weighted by Gasteiger charge is -2.39. The predicted octanol–water partition coefficient (Wildman–Crippen LogP) is 2.35. The maximum Gasteiger partial charge on any atom is 0.318 e. The van der Waals surface area contributed by atoms with Gasteiger partial charge in [-0.3, -0.25) is 20.2 Å². The number of rotatable bonds is 7. The Morgan fingerprint density at radius 3 is 2.59 bits per heavy atom. The van der Waals surface area contributed by atoms with Gasteiger partial charge in [0.2, 0.25) is 0 Å². The zero-order valence-electron chi connectivity index (χ0n) is 23.4. The summed E-state index contributed by atoms with van der Waals surface area (Å²) >= 11 is 0. The summed E-state index contributed by atoms with van der Waals surface area (Å²) in [5.41, 5.74) is 3.05. The van der Waals surface area contributed by atoms with Crippen LogP contribution < -0.4 is 26.2 Å². The van der Waals surface area contributed by atoms with Crippen LogP contribution in [0.25, 0.3) is 0 Å². The number of aryl methyl sites for hydroxylation is 1. The van der Waals surface area contributed by atoms with E-state index >= 15 is 0 Å². The molecule has 3 fully saturated rings. The summed E-state index contributed by atoms with van der Waals surface area (Å²) in [6.45, 7) is 6.65. The molecule has 1 spiro atoms. The summed E-state index contributed by atoms with van der Waals surface area (Å²) in [6, 6.07) is 14.3. The minimum atomic E-state index is -0.322. The molecule has 0 saturated carbocycles. The average molecular weight is 556 g/mol. The van der Waals surface area contributed by atoms with Crippen molar-refractivity contribution in [3.05, 3.63) is 82.0 Å². The zero-order chi connectivity index (χ0) is 28.6. The molecule has 1 aromatic carbocycles. The monoisotopic (exact) mass is 555 g/mol. The van der Waals surface area contributed by atoms with Crippen molar-refractivity contribution in [2.24, 2.45) is 0 Å². The molecule has 0 radical (unpaired) electrons. The summed E-state index contributed by atoms with van der Waals surface area (Å²) in [6.07, 6.45) is 6.85. The summed E-state index contributed by atoms with van der Waals surface area (Å²) in [7, 11) is 0.